The van der Waals surface area contributed by atoms with Gasteiger partial charge in [-0.15, -0.1) is 6.58 Å². The predicted octanol–water partition coefficient (Wildman–Crippen LogP) is 2.50. The summed E-state index contributed by atoms with van der Waals surface area (Å²) in [5.74, 6) is 0. The van der Waals surface area contributed by atoms with Crippen molar-refractivity contribution in [3.05, 3.63) is 29.0 Å². The van der Waals surface area contributed by atoms with Crippen LogP contribution in [0.4, 0.5) is 0 Å². The Morgan fingerprint density at radius 1 is 1.79 bits per heavy atom. The monoisotopic (exact) mass is 257 g/mol. The van der Waals surface area contributed by atoms with E-state index >= 15 is 0 Å². The molecule has 1 N–H and O–H groups in total. The van der Waals surface area contributed by atoms with Gasteiger partial charge in [0.1, 0.15) is 0 Å². The number of aromatic nitrogens is 2. The smallest absolute Gasteiger partial charge is 0.0698 e. The Morgan fingerprint density at radius 2 is 2.50 bits per heavy atom. The van der Waals surface area contributed by atoms with Crippen molar-refractivity contribution in [1.82, 2.24) is 15.1 Å². The molecule has 14 heavy (non-hydrogen) atoms. The number of rotatable bonds is 5. The second-order valence-corrected chi connectivity index (χ2v) is 3.91. The molecule has 1 unspecified atom stereocenters. The highest BCUT2D eigenvalue weighted by atomic mass is 79.9. The minimum absolute atomic E-state index is 0.282. The molecule has 0 radical (unpaired) electrons. The third-order valence-corrected chi connectivity index (χ3v) is 2.82. The van der Waals surface area contributed by atoms with Crippen LogP contribution >= 0.6 is 15.9 Å². The van der Waals surface area contributed by atoms with Gasteiger partial charge < -0.3 is 5.32 Å². The first kappa shape index (κ1) is 11.5. The Kier molecular flexibility index (Phi) is 4.35. The lowest BCUT2D eigenvalue weighted by atomic mass is 10.1. The van der Waals surface area contributed by atoms with Crippen LogP contribution in [0.15, 0.2) is 23.3 Å². The lowest BCUT2D eigenvalue weighted by molar-refractivity contribution is 0.518. The Bertz CT molecular complexity index is 306. The Labute approximate surface area is 93.3 Å². The van der Waals surface area contributed by atoms with Crippen LogP contribution in [0.5, 0.6) is 0 Å². The molecule has 0 aliphatic heterocycles. The van der Waals surface area contributed by atoms with Gasteiger partial charge in [0.25, 0.3) is 0 Å². The molecule has 0 aromatic carbocycles. The van der Waals surface area contributed by atoms with E-state index < -0.39 is 0 Å². The van der Waals surface area contributed by atoms with Gasteiger partial charge in [0.15, 0.2) is 0 Å². The third-order valence-electron chi connectivity index (χ3n) is 2.21. The van der Waals surface area contributed by atoms with Gasteiger partial charge in [-0.05, 0) is 36.3 Å². The highest BCUT2D eigenvalue weighted by molar-refractivity contribution is 9.10. The number of nitrogens with zero attached hydrogens (tertiary/aromatic N) is 2. The molecule has 1 heterocycles. The summed E-state index contributed by atoms with van der Waals surface area (Å²) in [7, 11) is 1.95. The molecule has 3 nitrogen and oxygen atoms in total. The average Bonchev–Trinajstić information content (AvgIpc) is 2.56. The predicted molar refractivity (Wildman–Crippen MR) is 62.2 cm³/mol. The van der Waals surface area contributed by atoms with Gasteiger partial charge in [-0.3, -0.25) is 4.68 Å². The summed E-state index contributed by atoms with van der Waals surface area (Å²) in [6.07, 6.45) is 4.66. The molecule has 0 saturated heterocycles. The summed E-state index contributed by atoms with van der Waals surface area (Å²) in [5.41, 5.74) is 1.19. The molecule has 0 amide bonds. The van der Waals surface area contributed by atoms with Gasteiger partial charge >= 0.3 is 0 Å². The first-order valence-corrected chi connectivity index (χ1v) is 5.53. The first-order valence-electron chi connectivity index (χ1n) is 4.73. The molecular weight excluding hydrogens is 242 g/mol. The quantitative estimate of drug-likeness (QED) is 0.822. The first-order chi connectivity index (χ1) is 6.74. The highest BCUT2D eigenvalue weighted by Crippen LogP contribution is 2.25. The maximum Gasteiger partial charge on any atom is 0.0698 e. The summed E-state index contributed by atoms with van der Waals surface area (Å²) >= 11 is 3.51. The normalized spacial score (nSPS) is 12.8. The molecule has 78 valence electrons. The van der Waals surface area contributed by atoms with Crippen molar-refractivity contribution in [2.24, 2.45) is 0 Å². The van der Waals surface area contributed by atoms with Gasteiger partial charge in [0, 0.05) is 6.54 Å². The second kappa shape index (κ2) is 5.32. The van der Waals surface area contributed by atoms with Gasteiger partial charge in [0.05, 0.1) is 22.4 Å². The van der Waals surface area contributed by atoms with Crippen molar-refractivity contribution < 1.29 is 0 Å². The molecule has 0 saturated carbocycles. The lowest BCUT2D eigenvalue weighted by Gasteiger charge is -2.16. The summed E-state index contributed by atoms with van der Waals surface area (Å²) in [4.78, 5) is 0. The summed E-state index contributed by atoms with van der Waals surface area (Å²) < 4.78 is 3.05. The van der Waals surface area contributed by atoms with Gasteiger partial charge in [-0.2, -0.15) is 5.10 Å². The van der Waals surface area contributed by atoms with E-state index in [1.54, 1.807) is 0 Å². The van der Waals surface area contributed by atoms with Gasteiger partial charge in [0.2, 0.25) is 0 Å². The Hall–Kier alpha value is -0.610. The van der Waals surface area contributed by atoms with Crippen LogP contribution in [0, 0.1) is 0 Å². The molecule has 1 atom stereocenters. The van der Waals surface area contributed by atoms with Crippen molar-refractivity contribution >= 4 is 15.9 Å². The van der Waals surface area contributed by atoms with Gasteiger partial charge in [-0.1, -0.05) is 6.08 Å². The van der Waals surface area contributed by atoms with Crippen molar-refractivity contribution in [3.8, 4) is 0 Å². The fraction of sp³-hybridized carbons (Fsp3) is 0.500. The summed E-state index contributed by atoms with van der Waals surface area (Å²) in [5, 5.41) is 7.54. The van der Waals surface area contributed by atoms with E-state index in [2.05, 4.69) is 39.8 Å². The molecular formula is C10H16BrN3. The highest BCUT2D eigenvalue weighted by Gasteiger charge is 2.16. The Balaban J connectivity index is 3.00. The van der Waals surface area contributed by atoms with Crippen molar-refractivity contribution in [3.63, 3.8) is 0 Å². The maximum absolute atomic E-state index is 4.28. The maximum atomic E-state index is 4.28. The third kappa shape index (κ3) is 2.25. The second-order valence-electron chi connectivity index (χ2n) is 3.06. The molecule has 0 aliphatic carbocycles. The number of hydrogen-bond acceptors (Lipinski definition) is 2. The van der Waals surface area contributed by atoms with E-state index in [9.17, 15) is 0 Å². The van der Waals surface area contributed by atoms with Crippen LogP contribution in [0.25, 0.3) is 0 Å². The molecule has 1 rings (SSSR count). The minimum Gasteiger partial charge on any atom is -0.311 e. The fourth-order valence-corrected chi connectivity index (χ4v) is 2.08. The van der Waals surface area contributed by atoms with Crippen molar-refractivity contribution in [2.45, 2.75) is 25.9 Å². The van der Waals surface area contributed by atoms with Crippen LogP contribution in [-0.2, 0) is 6.54 Å². The minimum atomic E-state index is 0.282. The van der Waals surface area contributed by atoms with E-state index in [-0.39, 0.29) is 6.04 Å². The van der Waals surface area contributed by atoms with E-state index in [0.717, 1.165) is 17.4 Å². The molecule has 4 heteroatoms. The topological polar surface area (TPSA) is 29.9 Å². The SMILES string of the molecule is C=CCC(NC)c1c(Br)cnn1CC. The van der Waals surface area contributed by atoms with Crippen LogP contribution in [0.2, 0.25) is 0 Å². The molecule has 0 fully saturated rings. The zero-order valence-corrected chi connectivity index (χ0v) is 10.2. The standard InChI is InChI=1S/C10H16BrN3/c1-4-6-9(12-3)10-8(11)7-13-14(10)5-2/h4,7,9,12H,1,5-6H2,2-3H3. The largest absolute Gasteiger partial charge is 0.311 e. The fourth-order valence-electron chi connectivity index (χ4n) is 1.50. The summed E-state index contributed by atoms with van der Waals surface area (Å²) in [6.45, 7) is 6.73. The Morgan fingerprint density at radius 3 is 3.00 bits per heavy atom. The molecule has 1 aromatic rings. The zero-order valence-electron chi connectivity index (χ0n) is 8.63. The van der Waals surface area contributed by atoms with E-state index in [0.29, 0.717) is 0 Å². The van der Waals surface area contributed by atoms with Crippen LogP contribution in [0.3, 0.4) is 0 Å². The van der Waals surface area contributed by atoms with Crippen LogP contribution < -0.4 is 5.32 Å². The van der Waals surface area contributed by atoms with Crippen molar-refractivity contribution in [1.29, 1.82) is 0 Å². The van der Waals surface area contributed by atoms with E-state index in [1.807, 2.05) is 24.0 Å². The summed E-state index contributed by atoms with van der Waals surface area (Å²) in [6, 6.07) is 0.282. The zero-order chi connectivity index (χ0) is 10.6. The van der Waals surface area contributed by atoms with Crippen LogP contribution in [-0.4, -0.2) is 16.8 Å². The molecule has 0 spiro atoms. The van der Waals surface area contributed by atoms with Crippen LogP contribution in [0.1, 0.15) is 25.1 Å². The van der Waals surface area contributed by atoms with E-state index in [1.165, 1.54) is 5.69 Å². The molecule has 0 bridgehead atoms. The number of nitrogens with one attached hydrogen (secondary N) is 1. The number of aryl methyl sites for hydroxylation is 1. The molecule has 0 aliphatic rings. The number of hydrogen-bond donors (Lipinski definition) is 1. The average molecular weight is 258 g/mol. The van der Waals surface area contributed by atoms with E-state index in [4.69, 9.17) is 0 Å². The molecule has 1 aromatic heterocycles. The lowest BCUT2D eigenvalue weighted by Crippen LogP contribution is -2.20. The number of halogens is 1. The van der Waals surface area contributed by atoms with Gasteiger partial charge in [-0.25, -0.2) is 0 Å². The van der Waals surface area contributed by atoms with Crippen molar-refractivity contribution in [2.75, 3.05) is 7.05 Å².